The number of fused-ring (bicyclic) bond motifs is 1. The van der Waals surface area contributed by atoms with Crippen LogP contribution in [0.15, 0.2) is 47.4 Å². The Morgan fingerprint density at radius 3 is 2.55 bits per heavy atom. The van der Waals surface area contributed by atoms with Gasteiger partial charge in [0.25, 0.3) is 10.0 Å². The maximum absolute atomic E-state index is 12.7. The molecule has 6 nitrogen and oxygen atoms in total. The largest absolute Gasteiger partial charge is 0.302 e. The molecule has 31 heavy (non-hydrogen) atoms. The maximum atomic E-state index is 12.7. The van der Waals surface area contributed by atoms with Gasteiger partial charge in [0.1, 0.15) is 0 Å². The molecule has 2 N–H and O–H groups in total. The number of sulfonamides is 1. The minimum Gasteiger partial charge on any atom is -0.302 e. The second-order valence-electron chi connectivity index (χ2n) is 8.03. The van der Waals surface area contributed by atoms with Crippen LogP contribution < -0.4 is 10.0 Å². The molecule has 1 aromatic heterocycles. The van der Waals surface area contributed by atoms with Gasteiger partial charge in [-0.25, -0.2) is 13.4 Å². The molecule has 3 aromatic rings. The minimum absolute atomic E-state index is 0.0335. The van der Waals surface area contributed by atoms with Gasteiger partial charge in [-0.3, -0.25) is 9.52 Å². The fourth-order valence-electron chi connectivity index (χ4n) is 3.95. The molecular weight excluding hydrogens is 430 g/mol. The molecule has 0 atom stereocenters. The number of thiazole rings is 1. The van der Waals surface area contributed by atoms with E-state index in [9.17, 15) is 13.2 Å². The number of nitrogens with zero attached hydrogens (tertiary/aromatic N) is 1. The van der Waals surface area contributed by atoms with Gasteiger partial charge in [0.2, 0.25) is 5.91 Å². The number of rotatable bonds is 7. The molecule has 1 aliphatic carbocycles. The van der Waals surface area contributed by atoms with Crippen molar-refractivity contribution in [3.63, 3.8) is 0 Å². The standard InChI is InChI=1S/C23H27N3O3S2/c1-2-6-16-9-12-19(13-10-16)31(28,29)26-18-11-14-21-20(15-18)24-23(30-21)25-22(27)17-7-4-3-5-8-17/h9-15,17,26H,2-8H2,1H3,(H,24,25,27). The Kier molecular flexibility index (Phi) is 6.57. The second-order valence-corrected chi connectivity index (χ2v) is 10.7. The molecule has 1 saturated carbocycles. The van der Waals surface area contributed by atoms with Crippen molar-refractivity contribution in [3.8, 4) is 0 Å². The summed E-state index contributed by atoms with van der Waals surface area (Å²) in [5, 5.41) is 3.49. The summed E-state index contributed by atoms with van der Waals surface area (Å²) in [5.41, 5.74) is 2.22. The monoisotopic (exact) mass is 457 g/mol. The highest BCUT2D eigenvalue weighted by molar-refractivity contribution is 7.92. The number of carbonyl (C=O) groups excluding carboxylic acids is 1. The van der Waals surface area contributed by atoms with Gasteiger partial charge in [-0.1, -0.05) is 56.1 Å². The molecular formula is C23H27N3O3S2. The van der Waals surface area contributed by atoms with E-state index in [1.807, 2.05) is 18.2 Å². The first-order valence-corrected chi connectivity index (χ1v) is 13.1. The third kappa shape index (κ3) is 5.25. The molecule has 0 bridgehead atoms. The van der Waals surface area contributed by atoms with E-state index < -0.39 is 10.0 Å². The van der Waals surface area contributed by atoms with E-state index in [-0.39, 0.29) is 16.7 Å². The molecule has 164 valence electrons. The second kappa shape index (κ2) is 9.36. The van der Waals surface area contributed by atoms with Crippen LogP contribution in [-0.2, 0) is 21.2 Å². The lowest BCUT2D eigenvalue weighted by Gasteiger charge is -2.19. The smallest absolute Gasteiger partial charge is 0.261 e. The van der Waals surface area contributed by atoms with Crippen LogP contribution in [0, 0.1) is 5.92 Å². The van der Waals surface area contributed by atoms with E-state index in [0.717, 1.165) is 48.8 Å². The highest BCUT2D eigenvalue weighted by atomic mass is 32.2. The Labute approximate surface area is 187 Å². The molecule has 2 aromatic carbocycles. The lowest BCUT2D eigenvalue weighted by atomic mass is 9.89. The van der Waals surface area contributed by atoms with E-state index in [1.165, 1.54) is 17.8 Å². The first-order valence-electron chi connectivity index (χ1n) is 10.8. The topological polar surface area (TPSA) is 88.2 Å². The molecule has 0 unspecified atom stereocenters. The number of anilines is 2. The molecule has 0 radical (unpaired) electrons. The molecule has 1 amide bonds. The number of amides is 1. The average molecular weight is 458 g/mol. The predicted octanol–water partition coefficient (Wildman–Crippen LogP) is 5.57. The summed E-state index contributed by atoms with van der Waals surface area (Å²) in [4.78, 5) is 17.2. The molecule has 0 saturated heterocycles. The molecule has 0 aliphatic heterocycles. The van der Waals surface area contributed by atoms with Crippen LogP contribution in [0.25, 0.3) is 10.2 Å². The molecule has 1 heterocycles. The summed E-state index contributed by atoms with van der Waals surface area (Å²) in [6, 6.07) is 12.2. The van der Waals surface area contributed by atoms with E-state index in [4.69, 9.17) is 0 Å². The average Bonchev–Trinajstić information content (AvgIpc) is 3.16. The zero-order chi connectivity index (χ0) is 21.8. The van der Waals surface area contributed by atoms with Gasteiger partial charge < -0.3 is 5.32 Å². The Bertz CT molecular complexity index is 1160. The highest BCUT2D eigenvalue weighted by Crippen LogP contribution is 2.31. The van der Waals surface area contributed by atoms with E-state index >= 15 is 0 Å². The number of carbonyl (C=O) groups is 1. The van der Waals surface area contributed by atoms with Crippen LogP contribution in [0.4, 0.5) is 10.8 Å². The predicted molar refractivity (Wildman–Crippen MR) is 126 cm³/mol. The summed E-state index contributed by atoms with van der Waals surface area (Å²) in [6.45, 7) is 2.09. The van der Waals surface area contributed by atoms with Gasteiger partial charge >= 0.3 is 0 Å². The highest BCUT2D eigenvalue weighted by Gasteiger charge is 2.22. The van der Waals surface area contributed by atoms with Crippen LogP contribution in [0.5, 0.6) is 0 Å². The first-order chi connectivity index (χ1) is 14.9. The fraction of sp³-hybridized carbons (Fsp3) is 0.391. The Balaban J connectivity index is 1.47. The van der Waals surface area contributed by atoms with Crippen LogP contribution in [-0.4, -0.2) is 19.3 Å². The van der Waals surface area contributed by atoms with Crippen molar-refractivity contribution in [2.45, 2.75) is 56.8 Å². The quantitative estimate of drug-likeness (QED) is 0.486. The summed E-state index contributed by atoms with van der Waals surface area (Å²) < 4.78 is 29.0. The minimum atomic E-state index is -3.68. The molecule has 1 fully saturated rings. The number of hydrogen-bond donors (Lipinski definition) is 2. The first kappa shape index (κ1) is 21.8. The Hall–Kier alpha value is -2.45. The van der Waals surface area contributed by atoms with Gasteiger partial charge in [0.15, 0.2) is 5.13 Å². The Morgan fingerprint density at radius 1 is 1.10 bits per heavy atom. The third-order valence-electron chi connectivity index (χ3n) is 5.62. The van der Waals surface area contributed by atoms with Crippen molar-refractivity contribution in [1.82, 2.24) is 4.98 Å². The molecule has 0 spiro atoms. The van der Waals surface area contributed by atoms with Gasteiger partial charge in [-0.2, -0.15) is 0 Å². The fourth-order valence-corrected chi connectivity index (χ4v) is 5.85. The van der Waals surface area contributed by atoms with E-state index in [1.54, 1.807) is 24.3 Å². The SMILES string of the molecule is CCCc1ccc(S(=O)(=O)Nc2ccc3sc(NC(=O)C4CCCCC4)nc3c2)cc1. The van der Waals surface area contributed by atoms with Crippen molar-refractivity contribution in [1.29, 1.82) is 0 Å². The summed E-state index contributed by atoms with van der Waals surface area (Å²) >= 11 is 1.40. The van der Waals surface area contributed by atoms with Gasteiger partial charge in [-0.05, 0) is 55.2 Å². The van der Waals surface area contributed by atoms with Crippen molar-refractivity contribution in [2.24, 2.45) is 5.92 Å². The number of benzene rings is 2. The van der Waals surface area contributed by atoms with Crippen molar-refractivity contribution in [2.75, 3.05) is 10.0 Å². The zero-order valence-corrected chi connectivity index (χ0v) is 19.2. The number of nitrogens with one attached hydrogen (secondary N) is 2. The van der Waals surface area contributed by atoms with Gasteiger partial charge in [0, 0.05) is 5.92 Å². The van der Waals surface area contributed by atoms with Gasteiger partial charge in [0.05, 0.1) is 20.8 Å². The van der Waals surface area contributed by atoms with Gasteiger partial charge in [-0.15, -0.1) is 0 Å². The van der Waals surface area contributed by atoms with Crippen LogP contribution >= 0.6 is 11.3 Å². The summed E-state index contributed by atoms with van der Waals surface area (Å²) in [7, 11) is -3.68. The number of hydrogen-bond acceptors (Lipinski definition) is 5. The number of aromatic nitrogens is 1. The zero-order valence-electron chi connectivity index (χ0n) is 17.6. The van der Waals surface area contributed by atoms with Crippen LogP contribution in [0.2, 0.25) is 0 Å². The van der Waals surface area contributed by atoms with E-state index in [0.29, 0.717) is 16.3 Å². The van der Waals surface area contributed by atoms with Crippen LogP contribution in [0.3, 0.4) is 0 Å². The maximum Gasteiger partial charge on any atom is 0.261 e. The Morgan fingerprint density at radius 2 is 1.84 bits per heavy atom. The molecule has 4 rings (SSSR count). The summed E-state index contributed by atoms with van der Waals surface area (Å²) in [5.74, 6) is 0.0954. The third-order valence-corrected chi connectivity index (χ3v) is 7.97. The summed E-state index contributed by atoms with van der Waals surface area (Å²) in [6.07, 6.45) is 7.21. The lowest BCUT2D eigenvalue weighted by Crippen LogP contribution is -2.24. The van der Waals surface area contributed by atoms with Crippen molar-refractivity contribution >= 4 is 48.3 Å². The van der Waals surface area contributed by atoms with Crippen LogP contribution in [0.1, 0.15) is 51.0 Å². The van der Waals surface area contributed by atoms with Crippen molar-refractivity contribution < 1.29 is 13.2 Å². The number of aryl methyl sites for hydroxylation is 1. The molecule has 8 heteroatoms. The van der Waals surface area contributed by atoms with Crippen molar-refractivity contribution in [3.05, 3.63) is 48.0 Å². The molecule has 1 aliphatic rings. The lowest BCUT2D eigenvalue weighted by molar-refractivity contribution is -0.120. The van der Waals surface area contributed by atoms with E-state index in [2.05, 4.69) is 21.9 Å². The normalized spacial score (nSPS) is 15.1.